The molecule has 0 fully saturated rings. The van der Waals surface area contributed by atoms with Crippen molar-refractivity contribution in [1.29, 1.82) is 0 Å². The van der Waals surface area contributed by atoms with E-state index >= 15 is 0 Å². The fourth-order valence-corrected chi connectivity index (χ4v) is 2.47. The summed E-state index contributed by atoms with van der Waals surface area (Å²) >= 11 is 0. The number of fused-ring (bicyclic) bond motifs is 1. The van der Waals surface area contributed by atoms with Gasteiger partial charge in [-0.05, 0) is 30.9 Å². The van der Waals surface area contributed by atoms with Crippen LogP contribution in [0.25, 0.3) is 0 Å². The Morgan fingerprint density at radius 1 is 1.40 bits per heavy atom. The highest BCUT2D eigenvalue weighted by atomic mass is 15.2. The molecule has 0 saturated carbocycles. The summed E-state index contributed by atoms with van der Waals surface area (Å²) in [7, 11) is 0. The van der Waals surface area contributed by atoms with Crippen LogP contribution in [0.3, 0.4) is 0 Å². The third-order valence-corrected chi connectivity index (χ3v) is 3.23. The molecule has 0 unspecified atom stereocenters. The van der Waals surface area contributed by atoms with Crippen molar-refractivity contribution in [2.45, 2.75) is 32.2 Å². The number of para-hydroxylation sites is 1. The van der Waals surface area contributed by atoms with Crippen molar-refractivity contribution >= 4 is 5.69 Å². The quantitative estimate of drug-likeness (QED) is 0.817. The van der Waals surface area contributed by atoms with Crippen LogP contribution >= 0.6 is 0 Å². The lowest BCUT2D eigenvalue weighted by atomic mass is 9.95. The molecule has 0 saturated heterocycles. The van der Waals surface area contributed by atoms with Gasteiger partial charge in [0.1, 0.15) is 0 Å². The van der Waals surface area contributed by atoms with Gasteiger partial charge in [0, 0.05) is 24.8 Å². The first-order valence-electron chi connectivity index (χ1n) is 5.91. The fourth-order valence-electron chi connectivity index (χ4n) is 2.47. The standard InChI is InChI=1S/C13H20N2/c1-2-9-15-12(10-14)8-7-11-5-3-4-6-13(11)15/h3-6,12H,2,7-10,14H2,1H3/t12-/m1/s1. The molecule has 1 aromatic carbocycles. The molecule has 1 atom stereocenters. The largest absolute Gasteiger partial charge is 0.367 e. The van der Waals surface area contributed by atoms with E-state index < -0.39 is 0 Å². The number of hydrogen-bond acceptors (Lipinski definition) is 2. The SMILES string of the molecule is CCCN1c2ccccc2CC[C@@H]1CN. The van der Waals surface area contributed by atoms with Gasteiger partial charge < -0.3 is 10.6 Å². The van der Waals surface area contributed by atoms with E-state index in [2.05, 4.69) is 36.1 Å². The van der Waals surface area contributed by atoms with Gasteiger partial charge in [-0.2, -0.15) is 0 Å². The second kappa shape index (κ2) is 4.67. The number of rotatable bonds is 3. The van der Waals surface area contributed by atoms with Crippen LogP contribution < -0.4 is 10.6 Å². The van der Waals surface area contributed by atoms with E-state index in [1.807, 2.05) is 0 Å². The maximum absolute atomic E-state index is 5.84. The molecule has 1 aliphatic rings. The Kier molecular flexibility index (Phi) is 3.27. The molecule has 1 heterocycles. The molecule has 1 aromatic rings. The summed E-state index contributed by atoms with van der Waals surface area (Å²) in [5.74, 6) is 0. The molecule has 0 aliphatic carbocycles. The van der Waals surface area contributed by atoms with Crippen LogP contribution in [-0.2, 0) is 6.42 Å². The summed E-state index contributed by atoms with van der Waals surface area (Å²) in [6, 6.07) is 9.27. The molecular weight excluding hydrogens is 184 g/mol. The van der Waals surface area contributed by atoms with E-state index in [0.717, 1.165) is 13.1 Å². The molecule has 0 amide bonds. The number of nitrogens with two attached hydrogens (primary N) is 1. The molecule has 2 heteroatoms. The highest BCUT2D eigenvalue weighted by Crippen LogP contribution is 2.30. The lowest BCUT2D eigenvalue weighted by Crippen LogP contribution is -2.44. The summed E-state index contributed by atoms with van der Waals surface area (Å²) in [4.78, 5) is 2.48. The number of anilines is 1. The van der Waals surface area contributed by atoms with E-state index in [-0.39, 0.29) is 0 Å². The molecular formula is C13H20N2. The van der Waals surface area contributed by atoms with Crippen LogP contribution in [0.4, 0.5) is 5.69 Å². The van der Waals surface area contributed by atoms with Gasteiger partial charge in [-0.15, -0.1) is 0 Å². The van der Waals surface area contributed by atoms with Crippen molar-refractivity contribution in [2.75, 3.05) is 18.0 Å². The zero-order valence-corrected chi connectivity index (χ0v) is 9.45. The molecule has 0 aromatic heterocycles. The van der Waals surface area contributed by atoms with E-state index in [1.54, 1.807) is 0 Å². The Morgan fingerprint density at radius 3 is 2.93 bits per heavy atom. The van der Waals surface area contributed by atoms with E-state index in [1.165, 1.54) is 30.5 Å². The van der Waals surface area contributed by atoms with Crippen molar-refractivity contribution in [2.24, 2.45) is 5.73 Å². The molecule has 15 heavy (non-hydrogen) atoms. The Morgan fingerprint density at radius 2 is 2.20 bits per heavy atom. The van der Waals surface area contributed by atoms with E-state index in [4.69, 9.17) is 5.73 Å². The van der Waals surface area contributed by atoms with Crippen LogP contribution in [0.5, 0.6) is 0 Å². The zero-order chi connectivity index (χ0) is 10.7. The second-order valence-electron chi connectivity index (χ2n) is 4.25. The van der Waals surface area contributed by atoms with Crippen molar-refractivity contribution in [1.82, 2.24) is 0 Å². The van der Waals surface area contributed by atoms with Crippen molar-refractivity contribution < 1.29 is 0 Å². The van der Waals surface area contributed by atoms with E-state index in [9.17, 15) is 0 Å². The lowest BCUT2D eigenvalue weighted by Gasteiger charge is -2.38. The van der Waals surface area contributed by atoms with E-state index in [0.29, 0.717) is 6.04 Å². The minimum Gasteiger partial charge on any atom is -0.367 e. The molecule has 2 N–H and O–H groups in total. The first-order valence-corrected chi connectivity index (χ1v) is 5.91. The lowest BCUT2D eigenvalue weighted by molar-refractivity contribution is 0.531. The van der Waals surface area contributed by atoms with Crippen molar-refractivity contribution in [3.8, 4) is 0 Å². The highest BCUT2D eigenvalue weighted by molar-refractivity contribution is 5.56. The zero-order valence-electron chi connectivity index (χ0n) is 9.45. The maximum Gasteiger partial charge on any atom is 0.0415 e. The van der Waals surface area contributed by atoms with Gasteiger partial charge in [-0.25, -0.2) is 0 Å². The van der Waals surface area contributed by atoms with Crippen LogP contribution in [-0.4, -0.2) is 19.1 Å². The smallest absolute Gasteiger partial charge is 0.0415 e. The highest BCUT2D eigenvalue weighted by Gasteiger charge is 2.23. The molecule has 1 aliphatic heterocycles. The van der Waals surface area contributed by atoms with Gasteiger partial charge in [-0.1, -0.05) is 25.1 Å². The third-order valence-electron chi connectivity index (χ3n) is 3.23. The average Bonchev–Trinajstić information content (AvgIpc) is 2.30. The number of nitrogens with zero attached hydrogens (tertiary/aromatic N) is 1. The minimum atomic E-state index is 0.542. The summed E-state index contributed by atoms with van der Waals surface area (Å²) in [6.45, 7) is 4.12. The fraction of sp³-hybridized carbons (Fsp3) is 0.538. The summed E-state index contributed by atoms with van der Waals surface area (Å²) < 4.78 is 0. The van der Waals surface area contributed by atoms with Crippen molar-refractivity contribution in [3.63, 3.8) is 0 Å². The van der Waals surface area contributed by atoms with Crippen molar-refractivity contribution in [3.05, 3.63) is 29.8 Å². The third kappa shape index (κ3) is 2.00. The number of hydrogen-bond donors (Lipinski definition) is 1. The summed E-state index contributed by atoms with van der Waals surface area (Å²) in [6.07, 6.45) is 3.57. The minimum absolute atomic E-state index is 0.542. The Hall–Kier alpha value is -1.02. The summed E-state index contributed by atoms with van der Waals surface area (Å²) in [5, 5.41) is 0. The topological polar surface area (TPSA) is 29.3 Å². The molecule has 0 spiro atoms. The predicted octanol–water partition coefficient (Wildman–Crippen LogP) is 2.18. The number of aryl methyl sites for hydroxylation is 1. The summed E-state index contributed by atoms with van der Waals surface area (Å²) in [5.41, 5.74) is 8.73. The normalized spacial score (nSPS) is 20.1. The number of benzene rings is 1. The predicted molar refractivity (Wildman–Crippen MR) is 65.2 cm³/mol. The first kappa shape index (κ1) is 10.5. The van der Waals surface area contributed by atoms with Gasteiger partial charge in [-0.3, -0.25) is 0 Å². The first-order chi connectivity index (χ1) is 7.36. The van der Waals surface area contributed by atoms with Crippen LogP contribution in [0.1, 0.15) is 25.3 Å². The second-order valence-corrected chi connectivity index (χ2v) is 4.25. The maximum atomic E-state index is 5.84. The van der Waals surface area contributed by atoms with Gasteiger partial charge in [0.25, 0.3) is 0 Å². The Balaban J connectivity index is 2.29. The molecule has 0 radical (unpaired) electrons. The molecule has 2 nitrogen and oxygen atoms in total. The molecule has 0 bridgehead atoms. The van der Waals surface area contributed by atoms with Gasteiger partial charge in [0.05, 0.1) is 0 Å². The Labute approximate surface area is 92.1 Å². The molecule has 82 valence electrons. The Bertz CT molecular complexity index is 322. The van der Waals surface area contributed by atoms with Crippen LogP contribution in [0.15, 0.2) is 24.3 Å². The molecule has 2 rings (SSSR count). The van der Waals surface area contributed by atoms with Gasteiger partial charge in [0.2, 0.25) is 0 Å². The van der Waals surface area contributed by atoms with Gasteiger partial charge >= 0.3 is 0 Å². The average molecular weight is 204 g/mol. The van der Waals surface area contributed by atoms with Crippen LogP contribution in [0.2, 0.25) is 0 Å². The van der Waals surface area contributed by atoms with Gasteiger partial charge in [0.15, 0.2) is 0 Å². The van der Waals surface area contributed by atoms with Crippen LogP contribution in [0, 0.1) is 0 Å². The monoisotopic (exact) mass is 204 g/mol.